The van der Waals surface area contributed by atoms with Gasteiger partial charge in [-0.25, -0.2) is 9.59 Å². The first-order chi connectivity index (χ1) is 9.38. The van der Waals surface area contributed by atoms with Crippen molar-refractivity contribution in [3.05, 3.63) is 55.9 Å². The summed E-state index contributed by atoms with van der Waals surface area (Å²) in [7, 11) is 0. The van der Waals surface area contributed by atoms with Crippen LogP contribution in [0.25, 0.3) is 0 Å². The highest BCUT2D eigenvalue weighted by Crippen LogP contribution is 2.18. The quantitative estimate of drug-likeness (QED) is 0.670. The predicted octanol–water partition coefficient (Wildman–Crippen LogP) is 1.12. The van der Waals surface area contributed by atoms with E-state index < -0.39 is 22.9 Å². The summed E-state index contributed by atoms with van der Waals surface area (Å²) in [4.78, 5) is 38.0. The van der Waals surface area contributed by atoms with Gasteiger partial charge in [-0.3, -0.25) is 14.8 Å². The topological polar surface area (TPSA) is 115 Å². The molecule has 0 spiro atoms. The van der Waals surface area contributed by atoms with Crippen LogP contribution in [-0.2, 0) is 0 Å². The van der Waals surface area contributed by atoms with E-state index in [1.807, 2.05) is 24.9 Å². The fourth-order valence-electron chi connectivity index (χ4n) is 1.73. The van der Waals surface area contributed by atoms with Crippen molar-refractivity contribution in [2.75, 3.05) is 5.32 Å². The molecular weight excluding hydrogens is 262 g/mol. The maximum Gasteiger partial charge on any atom is 0.354 e. The minimum Gasteiger partial charge on any atom is -0.477 e. The molecule has 0 aliphatic heterocycles. The average molecular weight is 275 g/mol. The Labute approximate surface area is 113 Å². The van der Waals surface area contributed by atoms with Crippen molar-refractivity contribution >= 4 is 17.3 Å². The van der Waals surface area contributed by atoms with Crippen LogP contribution < -0.4 is 16.6 Å². The predicted molar refractivity (Wildman–Crippen MR) is 73.8 cm³/mol. The lowest BCUT2D eigenvalue weighted by atomic mass is 10.1. The van der Waals surface area contributed by atoms with Crippen LogP contribution in [0.1, 0.15) is 21.6 Å². The number of hydrogen-bond donors (Lipinski definition) is 4. The number of rotatable bonds is 3. The highest BCUT2D eigenvalue weighted by atomic mass is 16.4. The van der Waals surface area contributed by atoms with E-state index in [1.165, 1.54) is 0 Å². The highest BCUT2D eigenvalue weighted by Gasteiger charge is 2.16. The van der Waals surface area contributed by atoms with E-state index in [9.17, 15) is 14.4 Å². The molecular formula is C13H13N3O4. The van der Waals surface area contributed by atoms with E-state index in [1.54, 1.807) is 12.1 Å². The third kappa shape index (κ3) is 2.61. The molecule has 0 amide bonds. The molecule has 7 heteroatoms. The molecule has 2 rings (SSSR count). The molecule has 7 nitrogen and oxygen atoms in total. The van der Waals surface area contributed by atoms with E-state index >= 15 is 0 Å². The SMILES string of the molecule is Cc1ccc(Nc2c(C(=O)O)[nH]c(=O)[nH]c2=O)cc1C. The maximum atomic E-state index is 11.7. The Bertz CT molecular complexity index is 789. The Morgan fingerprint density at radius 1 is 1.15 bits per heavy atom. The van der Waals surface area contributed by atoms with Gasteiger partial charge in [-0.1, -0.05) is 6.07 Å². The molecule has 0 fully saturated rings. The van der Waals surface area contributed by atoms with E-state index in [0.717, 1.165) is 11.1 Å². The Kier molecular flexibility index (Phi) is 3.43. The molecule has 0 radical (unpaired) electrons. The molecule has 2 aromatic rings. The largest absolute Gasteiger partial charge is 0.477 e. The van der Waals surface area contributed by atoms with Crippen LogP contribution in [0, 0.1) is 13.8 Å². The molecule has 20 heavy (non-hydrogen) atoms. The zero-order valence-electron chi connectivity index (χ0n) is 10.9. The number of anilines is 2. The number of aromatic nitrogens is 2. The van der Waals surface area contributed by atoms with Gasteiger partial charge in [0.25, 0.3) is 5.56 Å². The van der Waals surface area contributed by atoms with Crippen molar-refractivity contribution in [2.24, 2.45) is 0 Å². The summed E-state index contributed by atoms with van der Waals surface area (Å²) in [6, 6.07) is 5.35. The van der Waals surface area contributed by atoms with E-state index in [4.69, 9.17) is 5.11 Å². The van der Waals surface area contributed by atoms with Gasteiger partial charge >= 0.3 is 11.7 Å². The van der Waals surface area contributed by atoms with Gasteiger partial charge in [-0.2, -0.15) is 0 Å². The Morgan fingerprint density at radius 3 is 2.45 bits per heavy atom. The monoisotopic (exact) mass is 275 g/mol. The van der Waals surface area contributed by atoms with Gasteiger partial charge in [0.05, 0.1) is 0 Å². The van der Waals surface area contributed by atoms with Crippen LogP contribution in [0.4, 0.5) is 11.4 Å². The van der Waals surface area contributed by atoms with Crippen LogP contribution >= 0.6 is 0 Å². The number of carboxylic acids is 1. The van der Waals surface area contributed by atoms with Gasteiger partial charge in [-0.15, -0.1) is 0 Å². The summed E-state index contributed by atoms with van der Waals surface area (Å²) in [6.07, 6.45) is 0. The molecule has 0 atom stereocenters. The van der Waals surface area contributed by atoms with E-state index in [0.29, 0.717) is 5.69 Å². The minimum atomic E-state index is -1.39. The molecule has 4 N–H and O–H groups in total. The minimum absolute atomic E-state index is 0.208. The number of H-pyrrole nitrogens is 2. The molecule has 0 saturated heterocycles. The second-order valence-electron chi connectivity index (χ2n) is 4.39. The molecule has 0 aliphatic rings. The lowest BCUT2D eigenvalue weighted by Gasteiger charge is -2.09. The maximum absolute atomic E-state index is 11.7. The molecule has 104 valence electrons. The first-order valence-corrected chi connectivity index (χ1v) is 5.82. The first-order valence-electron chi connectivity index (χ1n) is 5.82. The zero-order valence-corrected chi connectivity index (χ0v) is 10.9. The Hall–Kier alpha value is -2.83. The van der Waals surface area contributed by atoms with Gasteiger partial charge in [0.15, 0.2) is 5.69 Å². The third-order valence-corrected chi connectivity index (χ3v) is 2.93. The third-order valence-electron chi connectivity index (χ3n) is 2.93. The molecule has 1 aromatic heterocycles. The average Bonchev–Trinajstić information content (AvgIpc) is 2.36. The standard InChI is InChI=1S/C13H13N3O4/c1-6-3-4-8(5-7(6)2)14-9-10(12(18)19)15-13(20)16-11(9)17/h3-5,14H,1-2H3,(H,18,19)(H2,15,16,17,20). The second-order valence-corrected chi connectivity index (χ2v) is 4.39. The van der Waals surface area contributed by atoms with Crippen molar-refractivity contribution in [1.82, 2.24) is 9.97 Å². The summed E-state index contributed by atoms with van der Waals surface area (Å²) < 4.78 is 0. The number of benzene rings is 1. The number of hydrogen-bond acceptors (Lipinski definition) is 4. The number of aryl methyl sites for hydroxylation is 2. The lowest BCUT2D eigenvalue weighted by Crippen LogP contribution is -2.28. The van der Waals surface area contributed by atoms with Gasteiger partial charge in [0.2, 0.25) is 0 Å². The summed E-state index contributed by atoms with van der Waals surface area (Å²) in [5.74, 6) is -1.39. The summed E-state index contributed by atoms with van der Waals surface area (Å²) in [6.45, 7) is 3.84. The van der Waals surface area contributed by atoms with Crippen LogP contribution in [0.15, 0.2) is 27.8 Å². The number of aromatic amines is 2. The number of aromatic carboxylic acids is 1. The van der Waals surface area contributed by atoms with Crippen molar-refractivity contribution in [3.8, 4) is 0 Å². The Morgan fingerprint density at radius 2 is 1.85 bits per heavy atom. The van der Waals surface area contributed by atoms with Crippen molar-refractivity contribution in [1.29, 1.82) is 0 Å². The van der Waals surface area contributed by atoms with Crippen LogP contribution in [-0.4, -0.2) is 21.0 Å². The molecule has 0 aliphatic carbocycles. The number of nitrogens with one attached hydrogen (secondary N) is 3. The first kappa shape index (κ1) is 13.6. The van der Waals surface area contributed by atoms with E-state index in [-0.39, 0.29) is 5.69 Å². The highest BCUT2D eigenvalue weighted by molar-refractivity contribution is 5.92. The fraction of sp³-hybridized carbons (Fsp3) is 0.154. The van der Waals surface area contributed by atoms with Crippen LogP contribution in [0.3, 0.4) is 0 Å². The summed E-state index contributed by atoms with van der Waals surface area (Å²) >= 11 is 0. The van der Waals surface area contributed by atoms with E-state index in [2.05, 4.69) is 10.3 Å². The van der Waals surface area contributed by atoms with Crippen LogP contribution in [0.2, 0.25) is 0 Å². The number of carbonyl (C=O) groups is 1. The molecule has 1 heterocycles. The smallest absolute Gasteiger partial charge is 0.354 e. The van der Waals surface area contributed by atoms with Gasteiger partial charge in [-0.05, 0) is 37.1 Å². The summed E-state index contributed by atoms with van der Waals surface area (Å²) in [5.41, 5.74) is 0.296. The lowest BCUT2D eigenvalue weighted by molar-refractivity contribution is 0.0691. The second kappa shape index (κ2) is 5.04. The molecule has 0 unspecified atom stereocenters. The van der Waals surface area contributed by atoms with Crippen molar-refractivity contribution in [2.45, 2.75) is 13.8 Å². The fourth-order valence-corrected chi connectivity index (χ4v) is 1.73. The van der Waals surface area contributed by atoms with Crippen LogP contribution in [0.5, 0.6) is 0 Å². The van der Waals surface area contributed by atoms with Gasteiger partial charge < -0.3 is 10.4 Å². The van der Waals surface area contributed by atoms with Crippen molar-refractivity contribution < 1.29 is 9.90 Å². The van der Waals surface area contributed by atoms with Gasteiger partial charge in [0.1, 0.15) is 5.69 Å². The normalized spacial score (nSPS) is 10.3. The summed E-state index contributed by atoms with van der Waals surface area (Å²) in [5, 5.41) is 11.8. The van der Waals surface area contributed by atoms with Crippen molar-refractivity contribution in [3.63, 3.8) is 0 Å². The number of carboxylic acid groups (broad SMARTS) is 1. The molecule has 0 bridgehead atoms. The zero-order chi connectivity index (χ0) is 14.9. The molecule has 1 aromatic carbocycles. The Balaban J connectivity index is 2.53. The van der Waals surface area contributed by atoms with Gasteiger partial charge in [0, 0.05) is 5.69 Å². The molecule has 0 saturated carbocycles.